The summed E-state index contributed by atoms with van der Waals surface area (Å²) in [5.41, 5.74) is 20.5. The van der Waals surface area contributed by atoms with Crippen LogP contribution < -0.4 is 5.32 Å². The highest BCUT2D eigenvalue weighted by Gasteiger charge is 2.62. The summed E-state index contributed by atoms with van der Waals surface area (Å²) >= 11 is 0. The lowest BCUT2D eigenvalue weighted by Crippen LogP contribution is -2.45. The van der Waals surface area contributed by atoms with Crippen molar-refractivity contribution in [2.24, 2.45) is 5.92 Å². The molecule has 5 unspecified atom stereocenters. The van der Waals surface area contributed by atoms with E-state index in [-0.39, 0.29) is 12.0 Å². The van der Waals surface area contributed by atoms with Gasteiger partial charge in [-0.15, -0.1) is 0 Å². The SMILES string of the molecule is C=C/C=C\C[C@H](C)C1=C[C@H](c2ccccc2)NC(C2=CCC(c3cccc4c3C3(C5=CC=CCC5c5ccccc53)c3ccccc3C43C4=CC=CCC4c4ccccc43)C=C2)=C1. The molecule has 1 heterocycles. The van der Waals surface area contributed by atoms with Gasteiger partial charge in [-0.25, -0.2) is 0 Å². The first-order valence-corrected chi connectivity index (χ1v) is 23.2. The van der Waals surface area contributed by atoms with Crippen LogP contribution >= 0.6 is 0 Å². The summed E-state index contributed by atoms with van der Waals surface area (Å²) in [6.45, 7) is 6.24. The van der Waals surface area contributed by atoms with Gasteiger partial charge in [0.2, 0.25) is 0 Å². The molecule has 0 aromatic heterocycles. The van der Waals surface area contributed by atoms with Crippen molar-refractivity contribution in [1.29, 1.82) is 0 Å². The zero-order chi connectivity index (χ0) is 42.1. The van der Waals surface area contributed by atoms with Crippen molar-refractivity contribution in [3.63, 3.8) is 0 Å². The van der Waals surface area contributed by atoms with Crippen LogP contribution in [-0.4, -0.2) is 0 Å². The van der Waals surface area contributed by atoms with Gasteiger partial charge in [0.15, 0.2) is 0 Å². The minimum absolute atomic E-state index is 0.103. The lowest BCUT2D eigenvalue weighted by atomic mass is 9.50. The van der Waals surface area contributed by atoms with E-state index in [2.05, 4.69) is 219 Å². The summed E-state index contributed by atoms with van der Waals surface area (Å²) in [6.07, 6.45) is 36.8. The van der Waals surface area contributed by atoms with Gasteiger partial charge in [-0.3, -0.25) is 0 Å². The standard InChI is InChI=1S/C62H53N/c1-3-4-6-20-41(2)45-39-58(43-21-7-5-8-22-43)63-59(40-45)44-37-35-42(36-38-44)46-27-19-34-57-60(46)62(53-30-15-11-25-49(53)50-26-12-16-31-54(50)62)56-33-18-17-32-55(56)61(57)51-28-13-9-23-47(51)48-24-10-14-29-52(48)61/h3-19,21-23,25,27-35,37-42,48,50,58,63H,1,20,24,26,36H2,2H3/b6-4-/t41-,42?,48?,50?,58+,61?,62?/m0/s1. The Labute approximate surface area is 373 Å². The van der Waals surface area contributed by atoms with Gasteiger partial charge in [0.25, 0.3) is 0 Å². The van der Waals surface area contributed by atoms with Crippen LogP contribution in [0.15, 0.2) is 241 Å². The Kier molecular flexibility index (Phi) is 9.04. The number of nitrogens with one attached hydrogen (secondary N) is 1. The Morgan fingerprint density at radius 1 is 0.667 bits per heavy atom. The molecule has 2 spiro atoms. The van der Waals surface area contributed by atoms with Crippen LogP contribution in [0.5, 0.6) is 0 Å². The number of fused-ring (bicyclic) bond motifs is 16. The van der Waals surface area contributed by atoms with Crippen molar-refractivity contribution in [2.45, 2.75) is 67.2 Å². The summed E-state index contributed by atoms with van der Waals surface area (Å²) in [6, 6.07) is 46.9. The molecule has 6 aliphatic carbocycles. The van der Waals surface area contributed by atoms with Crippen molar-refractivity contribution in [3.05, 3.63) is 297 Å². The molecular formula is C62H53N. The molecule has 5 aromatic rings. The number of allylic oxidation sites excluding steroid dienone is 16. The molecule has 7 atom stereocenters. The molecule has 1 heteroatoms. The minimum atomic E-state index is -0.429. The van der Waals surface area contributed by atoms with E-state index in [0.29, 0.717) is 17.8 Å². The first kappa shape index (κ1) is 38.0. The second-order valence-corrected chi connectivity index (χ2v) is 18.6. The first-order valence-electron chi connectivity index (χ1n) is 23.2. The van der Waals surface area contributed by atoms with Crippen LogP contribution in [0.2, 0.25) is 0 Å². The van der Waals surface area contributed by atoms with Crippen LogP contribution in [0.25, 0.3) is 0 Å². The zero-order valence-corrected chi connectivity index (χ0v) is 36.1. The van der Waals surface area contributed by atoms with E-state index in [1.807, 2.05) is 6.08 Å². The zero-order valence-electron chi connectivity index (χ0n) is 36.1. The van der Waals surface area contributed by atoms with Gasteiger partial charge in [0, 0.05) is 23.5 Å². The van der Waals surface area contributed by atoms with Crippen molar-refractivity contribution in [3.8, 4) is 0 Å². The summed E-state index contributed by atoms with van der Waals surface area (Å²) in [4.78, 5) is 0. The molecule has 63 heavy (non-hydrogen) atoms. The van der Waals surface area contributed by atoms with Crippen LogP contribution in [0.3, 0.4) is 0 Å². The predicted octanol–water partition coefficient (Wildman–Crippen LogP) is 14.5. The molecule has 306 valence electrons. The van der Waals surface area contributed by atoms with Gasteiger partial charge in [0.1, 0.15) is 0 Å². The highest BCUT2D eigenvalue weighted by Crippen LogP contribution is 2.70. The van der Waals surface area contributed by atoms with Gasteiger partial charge in [-0.05, 0) is 116 Å². The fraction of sp³-hybridized carbons (Fsp3) is 0.194. The van der Waals surface area contributed by atoms with E-state index in [1.54, 1.807) is 0 Å². The highest BCUT2D eigenvalue weighted by atomic mass is 14.9. The van der Waals surface area contributed by atoms with E-state index in [1.165, 1.54) is 83.6 Å². The smallest absolute Gasteiger partial charge is 0.0703 e. The van der Waals surface area contributed by atoms with Crippen molar-refractivity contribution in [1.82, 2.24) is 5.32 Å². The van der Waals surface area contributed by atoms with Gasteiger partial charge in [-0.2, -0.15) is 0 Å². The Morgan fingerprint density at radius 2 is 1.27 bits per heavy atom. The van der Waals surface area contributed by atoms with Crippen molar-refractivity contribution < 1.29 is 0 Å². The lowest BCUT2D eigenvalue weighted by Gasteiger charge is -2.51. The summed E-state index contributed by atoms with van der Waals surface area (Å²) in [5, 5.41) is 3.96. The first-order chi connectivity index (χ1) is 31.1. The minimum Gasteiger partial charge on any atom is -0.374 e. The van der Waals surface area contributed by atoms with E-state index in [9.17, 15) is 0 Å². The molecule has 7 aliphatic rings. The van der Waals surface area contributed by atoms with Gasteiger partial charge in [0.05, 0.1) is 16.9 Å². The third kappa shape index (κ3) is 5.48. The molecule has 0 saturated heterocycles. The summed E-state index contributed by atoms with van der Waals surface area (Å²) in [7, 11) is 0. The second kappa shape index (κ2) is 15.0. The molecule has 0 amide bonds. The van der Waals surface area contributed by atoms with E-state index in [4.69, 9.17) is 0 Å². The Morgan fingerprint density at radius 3 is 1.95 bits per heavy atom. The van der Waals surface area contributed by atoms with Crippen LogP contribution in [0.1, 0.15) is 112 Å². The lowest BCUT2D eigenvalue weighted by molar-refractivity contribution is 0.582. The molecule has 0 fully saturated rings. The van der Waals surface area contributed by atoms with Crippen molar-refractivity contribution in [2.75, 3.05) is 0 Å². The molecule has 5 aromatic carbocycles. The molecule has 1 nitrogen and oxygen atoms in total. The quantitative estimate of drug-likeness (QED) is 0.161. The third-order valence-electron chi connectivity index (χ3n) is 15.6. The maximum absolute atomic E-state index is 3.96. The topological polar surface area (TPSA) is 12.0 Å². The third-order valence-corrected chi connectivity index (χ3v) is 15.6. The van der Waals surface area contributed by atoms with E-state index in [0.717, 1.165) is 25.7 Å². The highest BCUT2D eigenvalue weighted by molar-refractivity contribution is 5.83. The second-order valence-electron chi connectivity index (χ2n) is 18.6. The predicted molar refractivity (Wildman–Crippen MR) is 261 cm³/mol. The van der Waals surface area contributed by atoms with Crippen LogP contribution in [0.4, 0.5) is 0 Å². The number of dihydropyridines is 1. The molecule has 0 bridgehead atoms. The van der Waals surface area contributed by atoms with Gasteiger partial charge in [-0.1, -0.05) is 214 Å². The molecule has 0 saturated carbocycles. The van der Waals surface area contributed by atoms with Gasteiger partial charge < -0.3 is 5.32 Å². The molecule has 12 rings (SSSR count). The Bertz CT molecular complexity index is 2990. The normalized spacial score (nSPS) is 27.2. The van der Waals surface area contributed by atoms with Crippen LogP contribution in [0, 0.1) is 5.92 Å². The Balaban J connectivity index is 1.05. The fourth-order valence-electron chi connectivity index (χ4n) is 13.0. The average molecular weight is 812 g/mol. The maximum atomic E-state index is 3.96. The number of rotatable bonds is 7. The molecule has 1 N–H and O–H groups in total. The number of benzene rings is 5. The number of hydrogen-bond acceptors (Lipinski definition) is 1. The molecule has 1 aliphatic heterocycles. The van der Waals surface area contributed by atoms with Crippen molar-refractivity contribution >= 4 is 0 Å². The maximum Gasteiger partial charge on any atom is 0.0703 e. The van der Waals surface area contributed by atoms with E-state index < -0.39 is 10.8 Å². The van der Waals surface area contributed by atoms with E-state index >= 15 is 0 Å². The van der Waals surface area contributed by atoms with Gasteiger partial charge >= 0.3 is 0 Å². The molecular weight excluding hydrogens is 759 g/mol. The summed E-state index contributed by atoms with van der Waals surface area (Å²) < 4.78 is 0. The molecule has 0 radical (unpaired) electrons. The number of hydrogen-bond donors (Lipinski definition) is 1. The summed E-state index contributed by atoms with van der Waals surface area (Å²) in [5.74, 6) is 1.26. The Hall–Kier alpha value is -6.70. The largest absolute Gasteiger partial charge is 0.374 e. The average Bonchev–Trinajstić information content (AvgIpc) is 3.82. The fourth-order valence-corrected chi connectivity index (χ4v) is 13.0. The monoisotopic (exact) mass is 811 g/mol. The van der Waals surface area contributed by atoms with Crippen LogP contribution in [-0.2, 0) is 10.8 Å².